The van der Waals surface area contributed by atoms with Gasteiger partial charge in [0.15, 0.2) is 0 Å². The van der Waals surface area contributed by atoms with Crippen LogP contribution in [0.3, 0.4) is 0 Å². The lowest BCUT2D eigenvalue weighted by Gasteiger charge is -2.20. The molecule has 2 fully saturated rings. The van der Waals surface area contributed by atoms with E-state index in [1.807, 2.05) is 35.4 Å². The fourth-order valence-electron chi connectivity index (χ4n) is 3.40. The molecule has 5 nitrogen and oxygen atoms in total. The topological polar surface area (TPSA) is 49.3 Å². The maximum atomic E-state index is 10.8. The van der Waals surface area contributed by atoms with Crippen LogP contribution in [-0.4, -0.2) is 47.5 Å². The number of benzene rings is 1. The number of aromatic nitrogens is 2. The number of rotatable bonds is 2. The van der Waals surface area contributed by atoms with Crippen LogP contribution in [0.15, 0.2) is 30.5 Å². The van der Waals surface area contributed by atoms with Crippen LogP contribution in [0.5, 0.6) is 0 Å². The standard InChI is InChI=1S/C15H16N4O/c20-10-18-6-11-8-19(9-12(11)7-18)15-5-16-13-3-1-2-4-14(13)17-15/h1-5,10-12H,6-9H2. The zero-order valence-corrected chi connectivity index (χ0v) is 11.1. The van der Waals surface area contributed by atoms with Crippen LogP contribution in [0, 0.1) is 11.8 Å². The molecule has 1 amide bonds. The van der Waals surface area contributed by atoms with Gasteiger partial charge in [0.05, 0.1) is 17.2 Å². The Kier molecular flexibility index (Phi) is 2.58. The second-order valence-corrected chi connectivity index (χ2v) is 5.70. The molecule has 1 aromatic heterocycles. The average molecular weight is 268 g/mol. The van der Waals surface area contributed by atoms with E-state index in [2.05, 4.69) is 9.88 Å². The third-order valence-corrected chi connectivity index (χ3v) is 4.42. The van der Waals surface area contributed by atoms with Gasteiger partial charge in [0.2, 0.25) is 6.41 Å². The van der Waals surface area contributed by atoms with E-state index in [0.29, 0.717) is 11.8 Å². The molecule has 5 heteroatoms. The average Bonchev–Trinajstić information content (AvgIpc) is 3.04. The summed E-state index contributed by atoms with van der Waals surface area (Å²) in [6.07, 6.45) is 2.83. The summed E-state index contributed by atoms with van der Waals surface area (Å²) in [5, 5.41) is 0. The molecule has 102 valence electrons. The molecule has 4 rings (SSSR count). The smallest absolute Gasteiger partial charge is 0.209 e. The number of likely N-dealkylation sites (tertiary alicyclic amines) is 1. The van der Waals surface area contributed by atoms with Crippen molar-refractivity contribution >= 4 is 23.3 Å². The molecule has 0 radical (unpaired) electrons. The highest BCUT2D eigenvalue weighted by Gasteiger charge is 2.40. The van der Waals surface area contributed by atoms with Gasteiger partial charge in [-0.25, -0.2) is 4.98 Å². The number of carbonyl (C=O) groups excluding carboxylic acids is 1. The van der Waals surface area contributed by atoms with Crippen molar-refractivity contribution in [1.82, 2.24) is 14.9 Å². The van der Waals surface area contributed by atoms with Crippen molar-refractivity contribution < 1.29 is 4.79 Å². The minimum atomic E-state index is 0.577. The molecular weight excluding hydrogens is 252 g/mol. The summed E-state index contributed by atoms with van der Waals surface area (Å²) in [4.78, 5) is 24.2. The van der Waals surface area contributed by atoms with Gasteiger partial charge in [0, 0.05) is 38.0 Å². The quantitative estimate of drug-likeness (QED) is 0.767. The van der Waals surface area contributed by atoms with Crippen molar-refractivity contribution in [3.05, 3.63) is 30.5 Å². The van der Waals surface area contributed by atoms with Crippen molar-refractivity contribution in [2.75, 3.05) is 31.1 Å². The number of hydrogen-bond acceptors (Lipinski definition) is 4. The van der Waals surface area contributed by atoms with Gasteiger partial charge in [0.1, 0.15) is 5.82 Å². The van der Waals surface area contributed by atoms with Crippen molar-refractivity contribution in [1.29, 1.82) is 0 Å². The second kappa shape index (κ2) is 4.44. The van der Waals surface area contributed by atoms with E-state index in [4.69, 9.17) is 4.98 Å². The Labute approximate surface area is 117 Å². The summed E-state index contributed by atoms with van der Waals surface area (Å²) >= 11 is 0. The Hall–Kier alpha value is -2.17. The first-order valence-corrected chi connectivity index (χ1v) is 6.99. The summed E-state index contributed by atoms with van der Waals surface area (Å²) in [6.45, 7) is 3.71. The predicted molar refractivity (Wildman–Crippen MR) is 76.4 cm³/mol. The molecule has 3 heterocycles. The van der Waals surface area contributed by atoms with E-state index in [-0.39, 0.29) is 0 Å². The van der Waals surface area contributed by atoms with Gasteiger partial charge in [-0.15, -0.1) is 0 Å². The fourth-order valence-corrected chi connectivity index (χ4v) is 3.40. The Bertz CT molecular complexity index is 645. The number of nitrogens with zero attached hydrogens (tertiary/aromatic N) is 4. The highest BCUT2D eigenvalue weighted by atomic mass is 16.1. The van der Waals surface area contributed by atoms with Crippen LogP contribution in [0.25, 0.3) is 11.0 Å². The van der Waals surface area contributed by atoms with Gasteiger partial charge in [0.25, 0.3) is 0 Å². The number of fused-ring (bicyclic) bond motifs is 2. The summed E-state index contributed by atoms with van der Waals surface area (Å²) in [7, 11) is 0. The molecule has 0 saturated carbocycles. The molecule has 0 aliphatic carbocycles. The lowest BCUT2D eigenvalue weighted by molar-refractivity contribution is -0.117. The second-order valence-electron chi connectivity index (χ2n) is 5.70. The van der Waals surface area contributed by atoms with Crippen molar-refractivity contribution in [3.63, 3.8) is 0 Å². The van der Waals surface area contributed by atoms with Gasteiger partial charge in [-0.05, 0) is 12.1 Å². The molecule has 1 aromatic carbocycles. The van der Waals surface area contributed by atoms with Crippen LogP contribution < -0.4 is 4.90 Å². The Balaban J connectivity index is 1.58. The van der Waals surface area contributed by atoms with Crippen LogP contribution in [-0.2, 0) is 4.79 Å². The van der Waals surface area contributed by atoms with Crippen molar-refractivity contribution in [3.8, 4) is 0 Å². The van der Waals surface area contributed by atoms with Crippen LogP contribution in [0.2, 0.25) is 0 Å². The van der Waals surface area contributed by atoms with E-state index < -0.39 is 0 Å². The maximum absolute atomic E-state index is 10.8. The molecular formula is C15H16N4O. The van der Waals surface area contributed by atoms with Crippen LogP contribution in [0.1, 0.15) is 0 Å². The zero-order chi connectivity index (χ0) is 13.5. The number of carbonyl (C=O) groups is 1. The Morgan fingerprint density at radius 1 is 1.05 bits per heavy atom. The molecule has 0 spiro atoms. The lowest BCUT2D eigenvalue weighted by Crippen LogP contribution is -2.28. The Morgan fingerprint density at radius 3 is 2.45 bits per heavy atom. The number of para-hydroxylation sites is 2. The third-order valence-electron chi connectivity index (χ3n) is 4.42. The minimum Gasteiger partial charge on any atom is -0.355 e. The van der Waals surface area contributed by atoms with Gasteiger partial charge < -0.3 is 9.80 Å². The first-order chi connectivity index (χ1) is 9.83. The molecule has 2 atom stereocenters. The molecule has 2 saturated heterocycles. The first kappa shape index (κ1) is 11.6. The van der Waals surface area contributed by atoms with Crippen LogP contribution >= 0.6 is 0 Å². The minimum absolute atomic E-state index is 0.577. The zero-order valence-electron chi connectivity index (χ0n) is 11.1. The molecule has 0 bridgehead atoms. The normalized spacial score (nSPS) is 25.2. The molecule has 20 heavy (non-hydrogen) atoms. The molecule has 2 aliphatic heterocycles. The summed E-state index contributed by atoms with van der Waals surface area (Å²) in [5.41, 5.74) is 1.87. The third kappa shape index (κ3) is 1.81. The van der Waals surface area contributed by atoms with Crippen molar-refractivity contribution in [2.24, 2.45) is 11.8 Å². The summed E-state index contributed by atoms with van der Waals surface area (Å²) < 4.78 is 0. The number of hydrogen-bond donors (Lipinski definition) is 0. The van der Waals surface area contributed by atoms with Crippen LogP contribution in [0.4, 0.5) is 5.82 Å². The molecule has 2 aliphatic rings. The van der Waals surface area contributed by atoms with E-state index in [0.717, 1.165) is 49.4 Å². The summed E-state index contributed by atoms with van der Waals surface area (Å²) in [6, 6.07) is 7.94. The molecule has 0 N–H and O–H groups in total. The summed E-state index contributed by atoms with van der Waals surface area (Å²) in [5.74, 6) is 2.11. The van der Waals surface area contributed by atoms with E-state index in [1.54, 1.807) is 0 Å². The van der Waals surface area contributed by atoms with Gasteiger partial charge >= 0.3 is 0 Å². The fraction of sp³-hybridized carbons (Fsp3) is 0.400. The van der Waals surface area contributed by atoms with Gasteiger partial charge in [-0.1, -0.05) is 12.1 Å². The van der Waals surface area contributed by atoms with Crippen molar-refractivity contribution in [2.45, 2.75) is 0 Å². The largest absolute Gasteiger partial charge is 0.355 e. The monoisotopic (exact) mass is 268 g/mol. The van der Waals surface area contributed by atoms with E-state index in [1.165, 1.54) is 0 Å². The van der Waals surface area contributed by atoms with Gasteiger partial charge in [-0.2, -0.15) is 0 Å². The highest BCUT2D eigenvalue weighted by molar-refractivity contribution is 5.75. The Morgan fingerprint density at radius 2 is 1.75 bits per heavy atom. The predicted octanol–water partition coefficient (Wildman–Crippen LogP) is 1.15. The first-order valence-electron chi connectivity index (χ1n) is 6.99. The maximum Gasteiger partial charge on any atom is 0.209 e. The lowest BCUT2D eigenvalue weighted by atomic mass is 10.0. The molecule has 2 unspecified atom stereocenters. The van der Waals surface area contributed by atoms with Gasteiger partial charge in [-0.3, -0.25) is 9.78 Å². The number of amides is 1. The molecule has 2 aromatic rings. The number of anilines is 1. The van der Waals surface area contributed by atoms with E-state index in [9.17, 15) is 4.79 Å². The highest BCUT2D eigenvalue weighted by Crippen LogP contribution is 2.32. The van der Waals surface area contributed by atoms with E-state index >= 15 is 0 Å². The SMILES string of the molecule is O=CN1CC2CN(c3cnc4ccccc4n3)CC2C1.